The molecule has 0 spiro atoms. The lowest BCUT2D eigenvalue weighted by Gasteiger charge is -2.19. The summed E-state index contributed by atoms with van der Waals surface area (Å²) in [5.74, 6) is -0.229. The van der Waals surface area contributed by atoms with Gasteiger partial charge in [-0.05, 0) is 60.0 Å². The molecule has 1 heterocycles. The van der Waals surface area contributed by atoms with Gasteiger partial charge in [-0.15, -0.1) is 0 Å². The predicted molar refractivity (Wildman–Crippen MR) is 132 cm³/mol. The summed E-state index contributed by atoms with van der Waals surface area (Å²) in [5.41, 5.74) is 4.92. The van der Waals surface area contributed by atoms with Crippen LogP contribution in [0.15, 0.2) is 77.7 Å². The predicted octanol–water partition coefficient (Wildman–Crippen LogP) is 4.53. The van der Waals surface area contributed by atoms with Gasteiger partial charge in [0.1, 0.15) is 0 Å². The molecule has 3 aromatic rings. The van der Waals surface area contributed by atoms with Gasteiger partial charge in [0.05, 0.1) is 4.90 Å². The molecule has 3 aromatic carbocycles. The van der Waals surface area contributed by atoms with Crippen molar-refractivity contribution in [3.8, 4) is 0 Å². The van der Waals surface area contributed by atoms with Crippen LogP contribution in [0.4, 0.5) is 11.4 Å². The zero-order valence-electron chi connectivity index (χ0n) is 19.0. The van der Waals surface area contributed by atoms with E-state index < -0.39 is 10.0 Å². The number of rotatable bonds is 8. The SMILES string of the molecule is CCN(CC)S(=O)(=O)c1ccc(NC(=O)c2ccc(CN3CCc4ccccc43)cc2)cc1. The Morgan fingerprint density at radius 1 is 0.939 bits per heavy atom. The molecular weight excluding hydrogens is 434 g/mol. The molecule has 1 aliphatic rings. The normalized spacial score (nSPS) is 13.2. The van der Waals surface area contributed by atoms with Crippen LogP contribution < -0.4 is 10.2 Å². The van der Waals surface area contributed by atoms with Crippen LogP contribution in [0.1, 0.15) is 35.3 Å². The van der Waals surface area contributed by atoms with E-state index >= 15 is 0 Å². The van der Waals surface area contributed by atoms with Gasteiger partial charge >= 0.3 is 0 Å². The van der Waals surface area contributed by atoms with Crippen LogP contribution in [0, 0.1) is 0 Å². The Morgan fingerprint density at radius 3 is 2.27 bits per heavy atom. The number of hydrogen-bond acceptors (Lipinski definition) is 4. The van der Waals surface area contributed by atoms with Gasteiger partial charge in [-0.2, -0.15) is 4.31 Å². The van der Waals surface area contributed by atoms with Gasteiger partial charge < -0.3 is 10.2 Å². The van der Waals surface area contributed by atoms with Crippen molar-refractivity contribution in [2.45, 2.75) is 31.7 Å². The molecule has 0 atom stereocenters. The summed E-state index contributed by atoms with van der Waals surface area (Å²) in [6.07, 6.45) is 1.06. The molecule has 0 fully saturated rings. The summed E-state index contributed by atoms with van der Waals surface area (Å²) in [6.45, 7) is 6.26. The number of benzene rings is 3. The number of para-hydroxylation sites is 1. The highest BCUT2D eigenvalue weighted by Gasteiger charge is 2.21. The zero-order valence-corrected chi connectivity index (χ0v) is 19.8. The third kappa shape index (κ3) is 4.94. The Labute approximate surface area is 195 Å². The zero-order chi connectivity index (χ0) is 23.4. The maximum absolute atomic E-state index is 12.7. The van der Waals surface area contributed by atoms with Crippen molar-refractivity contribution < 1.29 is 13.2 Å². The fourth-order valence-corrected chi connectivity index (χ4v) is 5.64. The molecule has 33 heavy (non-hydrogen) atoms. The maximum Gasteiger partial charge on any atom is 0.255 e. The van der Waals surface area contributed by atoms with E-state index in [2.05, 4.69) is 34.5 Å². The van der Waals surface area contributed by atoms with Crippen molar-refractivity contribution in [3.05, 3.63) is 89.5 Å². The Hall–Kier alpha value is -3.16. The van der Waals surface area contributed by atoms with Crippen LogP contribution in [0.2, 0.25) is 0 Å². The highest BCUT2D eigenvalue weighted by atomic mass is 32.2. The molecule has 1 N–H and O–H groups in total. The van der Waals surface area contributed by atoms with Gasteiger partial charge in [0.15, 0.2) is 0 Å². The first-order valence-electron chi connectivity index (χ1n) is 11.3. The second-order valence-corrected chi connectivity index (χ2v) is 10.0. The molecular formula is C26H29N3O3S. The van der Waals surface area contributed by atoms with E-state index in [-0.39, 0.29) is 10.8 Å². The summed E-state index contributed by atoms with van der Waals surface area (Å²) in [5, 5.41) is 2.84. The van der Waals surface area contributed by atoms with Crippen LogP contribution in [0.3, 0.4) is 0 Å². The Kier molecular flexibility index (Phi) is 6.81. The number of nitrogens with one attached hydrogen (secondary N) is 1. The van der Waals surface area contributed by atoms with Crippen molar-refractivity contribution in [2.75, 3.05) is 29.9 Å². The third-order valence-electron chi connectivity index (χ3n) is 6.03. The molecule has 0 aromatic heterocycles. The van der Waals surface area contributed by atoms with Gasteiger partial charge in [0.2, 0.25) is 10.0 Å². The monoisotopic (exact) mass is 463 g/mol. The van der Waals surface area contributed by atoms with Crippen LogP contribution >= 0.6 is 0 Å². The van der Waals surface area contributed by atoms with Crippen molar-refractivity contribution >= 4 is 27.3 Å². The number of nitrogens with zero attached hydrogens (tertiary/aromatic N) is 2. The van der Waals surface area contributed by atoms with E-state index in [1.807, 2.05) is 38.1 Å². The molecule has 0 unspecified atom stereocenters. The van der Waals surface area contributed by atoms with Crippen LogP contribution in [0.5, 0.6) is 0 Å². The van der Waals surface area contributed by atoms with Crippen LogP contribution in [0.25, 0.3) is 0 Å². The first kappa shape index (κ1) is 23.0. The number of carbonyl (C=O) groups excluding carboxylic acids is 1. The average molecular weight is 464 g/mol. The molecule has 4 rings (SSSR count). The van der Waals surface area contributed by atoms with E-state index in [1.165, 1.54) is 27.7 Å². The molecule has 1 amide bonds. The third-order valence-corrected chi connectivity index (χ3v) is 8.09. The number of hydrogen-bond donors (Lipinski definition) is 1. The summed E-state index contributed by atoms with van der Waals surface area (Å²) < 4.78 is 26.6. The number of fused-ring (bicyclic) bond motifs is 1. The Morgan fingerprint density at radius 2 is 1.61 bits per heavy atom. The lowest BCUT2D eigenvalue weighted by molar-refractivity contribution is 0.102. The molecule has 0 saturated heterocycles. The van der Waals surface area contributed by atoms with E-state index in [1.54, 1.807) is 12.1 Å². The standard InChI is InChI=1S/C26H29N3O3S/c1-3-29(4-2)33(31,32)24-15-13-23(14-16-24)27-26(30)22-11-9-20(10-12-22)19-28-18-17-21-7-5-6-8-25(21)28/h5-16H,3-4,17-19H2,1-2H3,(H,27,30). The summed E-state index contributed by atoms with van der Waals surface area (Å²) >= 11 is 0. The minimum absolute atomic E-state index is 0.219. The quantitative estimate of drug-likeness (QED) is 0.533. The second kappa shape index (κ2) is 9.77. The molecule has 7 heteroatoms. The molecule has 6 nitrogen and oxygen atoms in total. The van der Waals surface area contributed by atoms with Crippen molar-refractivity contribution in [1.82, 2.24) is 4.31 Å². The Balaban J connectivity index is 1.39. The fourth-order valence-electron chi connectivity index (χ4n) is 4.18. The number of sulfonamides is 1. The van der Waals surface area contributed by atoms with E-state index in [0.29, 0.717) is 24.3 Å². The molecule has 0 saturated carbocycles. The topological polar surface area (TPSA) is 69.7 Å². The smallest absolute Gasteiger partial charge is 0.255 e. The maximum atomic E-state index is 12.7. The van der Waals surface area contributed by atoms with Crippen molar-refractivity contribution in [2.24, 2.45) is 0 Å². The van der Waals surface area contributed by atoms with E-state index in [4.69, 9.17) is 0 Å². The molecule has 1 aliphatic heterocycles. The molecule has 0 aliphatic carbocycles. The fraction of sp³-hybridized carbons (Fsp3) is 0.269. The van der Waals surface area contributed by atoms with Crippen LogP contribution in [-0.2, 0) is 23.0 Å². The average Bonchev–Trinajstić information content (AvgIpc) is 3.23. The summed E-state index contributed by atoms with van der Waals surface area (Å²) in [6, 6.07) is 22.4. The van der Waals surface area contributed by atoms with Gasteiger partial charge in [0, 0.05) is 43.1 Å². The van der Waals surface area contributed by atoms with Gasteiger partial charge in [-0.25, -0.2) is 8.42 Å². The van der Waals surface area contributed by atoms with Gasteiger partial charge in [0.25, 0.3) is 5.91 Å². The minimum atomic E-state index is -3.52. The molecule has 0 radical (unpaired) electrons. The first-order chi connectivity index (χ1) is 15.9. The van der Waals surface area contributed by atoms with Gasteiger partial charge in [-0.1, -0.05) is 44.2 Å². The van der Waals surface area contributed by atoms with Gasteiger partial charge in [-0.3, -0.25) is 4.79 Å². The van der Waals surface area contributed by atoms with E-state index in [9.17, 15) is 13.2 Å². The highest BCUT2D eigenvalue weighted by Crippen LogP contribution is 2.29. The molecule has 0 bridgehead atoms. The minimum Gasteiger partial charge on any atom is -0.367 e. The number of carbonyl (C=O) groups is 1. The lowest BCUT2D eigenvalue weighted by atomic mass is 10.1. The highest BCUT2D eigenvalue weighted by molar-refractivity contribution is 7.89. The summed E-state index contributed by atoms with van der Waals surface area (Å²) in [4.78, 5) is 15.2. The lowest BCUT2D eigenvalue weighted by Crippen LogP contribution is -2.30. The summed E-state index contributed by atoms with van der Waals surface area (Å²) in [7, 11) is -3.52. The Bertz CT molecular complexity index is 1220. The van der Waals surface area contributed by atoms with E-state index in [0.717, 1.165) is 25.1 Å². The van der Waals surface area contributed by atoms with Crippen LogP contribution in [-0.4, -0.2) is 38.3 Å². The number of amides is 1. The first-order valence-corrected chi connectivity index (χ1v) is 12.7. The second-order valence-electron chi connectivity index (χ2n) is 8.07. The van der Waals surface area contributed by atoms with Crippen molar-refractivity contribution in [1.29, 1.82) is 0 Å². The number of anilines is 2. The van der Waals surface area contributed by atoms with Crippen molar-refractivity contribution in [3.63, 3.8) is 0 Å². The molecule has 172 valence electrons. The largest absolute Gasteiger partial charge is 0.367 e.